The lowest BCUT2D eigenvalue weighted by atomic mass is 10.1. The zero-order chi connectivity index (χ0) is 22.1. The molecular formula is C21H20F3N3O3. The maximum absolute atomic E-state index is 12.9. The van der Waals surface area contributed by atoms with Gasteiger partial charge in [0, 0.05) is 13.1 Å². The monoisotopic (exact) mass is 419 g/mol. The zero-order valence-corrected chi connectivity index (χ0v) is 16.4. The van der Waals surface area contributed by atoms with Crippen molar-refractivity contribution in [2.24, 2.45) is 0 Å². The first kappa shape index (κ1) is 21.4. The van der Waals surface area contributed by atoms with E-state index in [1.807, 2.05) is 0 Å². The highest BCUT2D eigenvalue weighted by Crippen LogP contribution is 2.29. The largest absolute Gasteiger partial charge is 0.416 e. The third-order valence-electron chi connectivity index (χ3n) is 4.88. The first-order valence-electron chi connectivity index (χ1n) is 9.33. The average Bonchev–Trinajstić information content (AvgIpc) is 2.72. The highest BCUT2D eigenvalue weighted by atomic mass is 19.4. The van der Waals surface area contributed by atoms with Crippen LogP contribution in [0.15, 0.2) is 58.1 Å². The average molecular weight is 419 g/mol. The number of fused-ring (bicyclic) bond motifs is 1. The number of nitrogens with zero attached hydrogens (tertiary/aromatic N) is 2. The normalized spacial score (nSPS) is 12.7. The van der Waals surface area contributed by atoms with Crippen LogP contribution in [0.4, 0.5) is 13.2 Å². The summed E-state index contributed by atoms with van der Waals surface area (Å²) in [6, 6.07) is 10.1. The van der Waals surface area contributed by atoms with Gasteiger partial charge in [-0.2, -0.15) is 13.2 Å². The molecule has 3 aromatic rings. The summed E-state index contributed by atoms with van der Waals surface area (Å²) in [6.45, 7) is 3.16. The Labute approximate surface area is 169 Å². The summed E-state index contributed by atoms with van der Waals surface area (Å²) in [5.41, 5.74) is -1.27. The van der Waals surface area contributed by atoms with Crippen molar-refractivity contribution in [3.05, 3.63) is 80.5 Å². The van der Waals surface area contributed by atoms with Gasteiger partial charge in [0.15, 0.2) is 0 Å². The molecule has 0 saturated heterocycles. The summed E-state index contributed by atoms with van der Waals surface area (Å²) in [7, 11) is 0. The summed E-state index contributed by atoms with van der Waals surface area (Å²) in [5, 5.41) is 2.87. The SMILES string of the molecule is CCn1c(=O)c2ccccc2n([C@H](C)C(=O)NCc2cccc(C(F)(F)F)c2)c1=O. The lowest BCUT2D eigenvalue weighted by Gasteiger charge is -2.19. The first-order chi connectivity index (χ1) is 14.1. The molecule has 0 spiro atoms. The Kier molecular flexibility index (Phi) is 5.82. The van der Waals surface area contributed by atoms with Crippen LogP contribution in [0, 0.1) is 0 Å². The lowest BCUT2D eigenvalue weighted by molar-refractivity contribution is -0.137. The molecule has 1 atom stereocenters. The van der Waals surface area contributed by atoms with Crippen molar-refractivity contribution in [1.82, 2.24) is 14.5 Å². The first-order valence-corrected chi connectivity index (χ1v) is 9.33. The van der Waals surface area contributed by atoms with Gasteiger partial charge in [-0.05, 0) is 43.7 Å². The van der Waals surface area contributed by atoms with Gasteiger partial charge in [-0.1, -0.05) is 24.3 Å². The van der Waals surface area contributed by atoms with Gasteiger partial charge in [-0.25, -0.2) is 4.79 Å². The Bertz CT molecular complexity index is 1210. The molecule has 0 unspecified atom stereocenters. The van der Waals surface area contributed by atoms with Gasteiger partial charge < -0.3 is 5.32 Å². The number of rotatable bonds is 5. The molecule has 0 bridgehead atoms. The van der Waals surface area contributed by atoms with E-state index in [-0.39, 0.29) is 18.7 Å². The van der Waals surface area contributed by atoms with Crippen molar-refractivity contribution in [3.8, 4) is 0 Å². The Balaban J connectivity index is 1.91. The minimum absolute atomic E-state index is 0.132. The minimum Gasteiger partial charge on any atom is -0.350 e. The van der Waals surface area contributed by atoms with E-state index in [4.69, 9.17) is 0 Å². The van der Waals surface area contributed by atoms with Crippen LogP contribution in [0.1, 0.15) is 31.0 Å². The number of hydrogen-bond acceptors (Lipinski definition) is 3. The standard InChI is InChI=1S/C21H20F3N3O3/c1-3-26-19(29)16-9-4-5-10-17(16)27(20(26)30)13(2)18(28)25-12-14-7-6-8-15(11-14)21(22,23)24/h4-11,13H,3,12H2,1-2H3,(H,25,28)/t13-/m1/s1. The molecule has 0 aliphatic heterocycles. The molecule has 0 radical (unpaired) electrons. The maximum Gasteiger partial charge on any atom is 0.416 e. The maximum atomic E-state index is 12.9. The van der Waals surface area contributed by atoms with Crippen LogP contribution in [0.5, 0.6) is 0 Å². The molecule has 0 aliphatic carbocycles. The molecule has 158 valence electrons. The highest BCUT2D eigenvalue weighted by molar-refractivity contribution is 5.84. The van der Waals surface area contributed by atoms with E-state index < -0.39 is 34.9 Å². The molecule has 1 aromatic heterocycles. The molecule has 0 fully saturated rings. The number of halogens is 3. The van der Waals surface area contributed by atoms with E-state index >= 15 is 0 Å². The molecule has 0 aliphatic rings. The molecule has 1 amide bonds. The molecule has 0 saturated carbocycles. The quantitative estimate of drug-likeness (QED) is 0.691. The van der Waals surface area contributed by atoms with Crippen molar-refractivity contribution in [1.29, 1.82) is 0 Å². The number of carbonyl (C=O) groups is 1. The topological polar surface area (TPSA) is 73.1 Å². The van der Waals surface area contributed by atoms with E-state index in [0.717, 1.165) is 16.7 Å². The molecule has 1 heterocycles. The van der Waals surface area contributed by atoms with Crippen LogP contribution >= 0.6 is 0 Å². The molecule has 1 N–H and O–H groups in total. The highest BCUT2D eigenvalue weighted by Gasteiger charge is 2.30. The summed E-state index contributed by atoms with van der Waals surface area (Å²) < 4.78 is 40.8. The Morgan fingerprint density at radius 3 is 2.47 bits per heavy atom. The molecule has 30 heavy (non-hydrogen) atoms. The molecule has 6 nitrogen and oxygen atoms in total. The molecule has 9 heteroatoms. The van der Waals surface area contributed by atoms with Crippen LogP contribution in [0.25, 0.3) is 10.9 Å². The van der Waals surface area contributed by atoms with Gasteiger partial charge in [0.05, 0.1) is 16.5 Å². The summed E-state index contributed by atoms with van der Waals surface area (Å²) in [4.78, 5) is 38.0. The lowest BCUT2D eigenvalue weighted by Crippen LogP contribution is -2.44. The molecule has 2 aromatic carbocycles. The van der Waals surface area contributed by atoms with Crippen LogP contribution in [-0.4, -0.2) is 15.0 Å². The number of nitrogens with one attached hydrogen (secondary N) is 1. The summed E-state index contributed by atoms with van der Waals surface area (Å²) >= 11 is 0. The number of benzene rings is 2. The van der Waals surface area contributed by atoms with Crippen LogP contribution < -0.4 is 16.6 Å². The smallest absolute Gasteiger partial charge is 0.350 e. The van der Waals surface area contributed by atoms with Gasteiger partial charge in [0.25, 0.3) is 5.56 Å². The third-order valence-corrected chi connectivity index (χ3v) is 4.88. The van der Waals surface area contributed by atoms with Gasteiger partial charge in [0.1, 0.15) is 6.04 Å². The second-order valence-corrected chi connectivity index (χ2v) is 6.81. The second-order valence-electron chi connectivity index (χ2n) is 6.81. The van der Waals surface area contributed by atoms with Crippen LogP contribution in [-0.2, 0) is 24.1 Å². The Morgan fingerprint density at radius 2 is 1.80 bits per heavy atom. The van der Waals surface area contributed by atoms with Crippen molar-refractivity contribution in [3.63, 3.8) is 0 Å². The number of carbonyl (C=O) groups excluding carboxylic acids is 1. The molecular weight excluding hydrogens is 399 g/mol. The van der Waals surface area contributed by atoms with Crippen molar-refractivity contribution in [2.75, 3.05) is 0 Å². The number of aromatic nitrogens is 2. The van der Waals surface area contributed by atoms with E-state index in [2.05, 4.69) is 5.32 Å². The molecule has 3 rings (SSSR count). The predicted octanol–water partition coefficient (Wildman–Crippen LogP) is 3.08. The minimum atomic E-state index is -4.48. The number of alkyl halides is 3. The van der Waals surface area contributed by atoms with E-state index in [9.17, 15) is 27.6 Å². The van der Waals surface area contributed by atoms with Gasteiger partial charge in [-0.15, -0.1) is 0 Å². The fraction of sp³-hybridized carbons (Fsp3) is 0.286. The van der Waals surface area contributed by atoms with Crippen molar-refractivity contribution in [2.45, 2.75) is 39.2 Å². The summed E-state index contributed by atoms with van der Waals surface area (Å²) in [6.07, 6.45) is -4.48. The van der Waals surface area contributed by atoms with Gasteiger partial charge in [0.2, 0.25) is 5.91 Å². The van der Waals surface area contributed by atoms with Crippen molar-refractivity contribution < 1.29 is 18.0 Å². The van der Waals surface area contributed by atoms with Crippen LogP contribution in [0.2, 0.25) is 0 Å². The van der Waals surface area contributed by atoms with Gasteiger partial charge in [-0.3, -0.25) is 18.7 Å². The van der Waals surface area contributed by atoms with E-state index in [1.54, 1.807) is 31.2 Å². The van der Waals surface area contributed by atoms with E-state index in [1.165, 1.54) is 23.6 Å². The number of para-hydroxylation sites is 1. The van der Waals surface area contributed by atoms with Crippen molar-refractivity contribution >= 4 is 16.8 Å². The predicted molar refractivity (Wildman–Crippen MR) is 106 cm³/mol. The zero-order valence-electron chi connectivity index (χ0n) is 16.4. The number of hydrogen-bond donors (Lipinski definition) is 1. The number of amides is 1. The fourth-order valence-corrected chi connectivity index (χ4v) is 3.29. The summed E-state index contributed by atoms with van der Waals surface area (Å²) in [5.74, 6) is -0.555. The van der Waals surface area contributed by atoms with E-state index in [0.29, 0.717) is 10.9 Å². The second kappa shape index (κ2) is 8.17. The van der Waals surface area contributed by atoms with Gasteiger partial charge >= 0.3 is 11.9 Å². The third kappa shape index (κ3) is 4.00. The Morgan fingerprint density at radius 1 is 1.10 bits per heavy atom. The fourth-order valence-electron chi connectivity index (χ4n) is 3.29. The Hall–Kier alpha value is -3.36. The van der Waals surface area contributed by atoms with Crippen LogP contribution in [0.3, 0.4) is 0 Å².